The highest BCUT2D eigenvalue weighted by Crippen LogP contribution is 2.46. The zero-order valence-electron chi connectivity index (χ0n) is 11.6. The fourth-order valence-corrected chi connectivity index (χ4v) is 2.83. The summed E-state index contributed by atoms with van der Waals surface area (Å²) >= 11 is 5.71. The summed E-state index contributed by atoms with van der Waals surface area (Å²) in [4.78, 5) is 0.979. The van der Waals surface area contributed by atoms with Crippen LogP contribution in [-0.2, 0) is 6.18 Å². The number of hydrogen-bond donors (Lipinski definition) is 1. The first-order valence-corrected chi connectivity index (χ1v) is 6.87. The molecule has 2 nitrogen and oxygen atoms in total. The molecule has 0 saturated carbocycles. The van der Waals surface area contributed by atoms with Gasteiger partial charge in [-0.25, -0.2) is 0 Å². The standard InChI is InChI=1S/C13H13ClF6N2.ClH/c14-9-3-1-2-8(12(15,16)17)10(9)11(13(18,19)20)22-6-4-21-5-7-22;/h1-3,11,21H,4-7H2;1H/t11-;/m1./s1. The van der Waals surface area contributed by atoms with Crippen molar-refractivity contribution in [3.63, 3.8) is 0 Å². The zero-order valence-corrected chi connectivity index (χ0v) is 13.2. The minimum atomic E-state index is -4.90. The van der Waals surface area contributed by atoms with E-state index in [-0.39, 0.29) is 38.6 Å². The quantitative estimate of drug-likeness (QED) is 0.767. The van der Waals surface area contributed by atoms with E-state index in [1.54, 1.807) is 0 Å². The lowest BCUT2D eigenvalue weighted by Crippen LogP contribution is -2.49. The van der Waals surface area contributed by atoms with E-state index in [9.17, 15) is 26.3 Å². The Kier molecular flexibility index (Phi) is 6.60. The lowest BCUT2D eigenvalue weighted by atomic mass is 9.97. The van der Waals surface area contributed by atoms with Gasteiger partial charge in [0.1, 0.15) is 6.04 Å². The number of nitrogens with one attached hydrogen (secondary N) is 1. The Morgan fingerprint density at radius 3 is 2.09 bits per heavy atom. The Balaban J connectivity index is 0.00000264. The second-order valence-electron chi connectivity index (χ2n) is 4.93. The van der Waals surface area contributed by atoms with E-state index in [4.69, 9.17) is 11.6 Å². The molecule has 1 heterocycles. The molecular weight excluding hydrogens is 369 g/mol. The Bertz CT molecular complexity index is 526. The number of hydrogen-bond acceptors (Lipinski definition) is 2. The Morgan fingerprint density at radius 1 is 1.04 bits per heavy atom. The first kappa shape index (κ1) is 20.3. The summed E-state index contributed by atoms with van der Waals surface area (Å²) in [7, 11) is 0. The van der Waals surface area contributed by atoms with Gasteiger partial charge in [-0.1, -0.05) is 17.7 Å². The third-order valence-corrected chi connectivity index (χ3v) is 3.79. The molecule has 0 amide bonds. The number of piperazine rings is 1. The number of benzene rings is 1. The average Bonchev–Trinajstić information content (AvgIpc) is 2.39. The molecule has 1 atom stereocenters. The predicted octanol–water partition coefficient (Wildman–Crippen LogP) is 4.29. The van der Waals surface area contributed by atoms with E-state index in [1.165, 1.54) is 0 Å². The van der Waals surface area contributed by atoms with E-state index in [1.807, 2.05) is 0 Å². The van der Waals surface area contributed by atoms with E-state index in [2.05, 4.69) is 5.32 Å². The average molecular weight is 383 g/mol. The topological polar surface area (TPSA) is 15.3 Å². The van der Waals surface area contributed by atoms with Crippen molar-refractivity contribution in [1.29, 1.82) is 0 Å². The van der Waals surface area contributed by atoms with Crippen LogP contribution in [0.3, 0.4) is 0 Å². The molecule has 1 N–H and O–H groups in total. The molecule has 1 aromatic rings. The summed E-state index contributed by atoms with van der Waals surface area (Å²) in [6.07, 6.45) is -9.76. The maximum absolute atomic E-state index is 13.5. The molecule has 0 aromatic heterocycles. The second kappa shape index (κ2) is 7.46. The first-order valence-electron chi connectivity index (χ1n) is 6.49. The summed E-state index contributed by atoms with van der Waals surface area (Å²) in [5.41, 5.74) is -2.27. The van der Waals surface area contributed by atoms with Crippen LogP contribution in [0, 0.1) is 0 Å². The van der Waals surface area contributed by atoms with Gasteiger partial charge in [0.15, 0.2) is 0 Å². The van der Waals surface area contributed by atoms with Gasteiger partial charge in [-0.2, -0.15) is 26.3 Å². The predicted molar refractivity (Wildman–Crippen MR) is 76.9 cm³/mol. The Hall–Kier alpha value is -0.700. The van der Waals surface area contributed by atoms with E-state index >= 15 is 0 Å². The van der Waals surface area contributed by atoms with Crippen LogP contribution in [0.5, 0.6) is 0 Å². The lowest BCUT2D eigenvalue weighted by molar-refractivity contribution is -0.190. The molecule has 1 aromatic carbocycles. The highest BCUT2D eigenvalue weighted by molar-refractivity contribution is 6.31. The fourth-order valence-electron chi connectivity index (χ4n) is 2.56. The van der Waals surface area contributed by atoms with Gasteiger partial charge in [0, 0.05) is 36.8 Å². The summed E-state index contributed by atoms with van der Waals surface area (Å²) < 4.78 is 79.6. The number of rotatable bonds is 2. The molecule has 0 radical (unpaired) electrons. The van der Waals surface area contributed by atoms with Crippen LogP contribution in [0.4, 0.5) is 26.3 Å². The number of nitrogens with zero attached hydrogens (tertiary/aromatic N) is 1. The molecule has 1 fully saturated rings. The minimum absolute atomic E-state index is 0. The maximum Gasteiger partial charge on any atom is 0.416 e. The van der Waals surface area contributed by atoms with Gasteiger partial charge in [0.05, 0.1) is 5.56 Å². The lowest BCUT2D eigenvalue weighted by Gasteiger charge is -2.37. The molecule has 0 aliphatic carbocycles. The van der Waals surface area contributed by atoms with Gasteiger partial charge in [-0.05, 0) is 12.1 Å². The number of halogens is 8. The van der Waals surface area contributed by atoms with Crippen LogP contribution in [-0.4, -0.2) is 37.3 Å². The summed E-state index contributed by atoms with van der Waals surface area (Å²) in [5.74, 6) is 0. The molecule has 2 rings (SSSR count). The Morgan fingerprint density at radius 2 is 1.61 bits per heavy atom. The van der Waals surface area contributed by atoms with Crippen LogP contribution in [0.2, 0.25) is 5.02 Å². The van der Waals surface area contributed by atoms with E-state index in [0.29, 0.717) is 6.07 Å². The summed E-state index contributed by atoms with van der Waals surface area (Å²) in [6.45, 7) is 0.538. The summed E-state index contributed by atoms with van der Waals surface area (Å²) in [6, 6.07) is 0.301. The van der Waals surface area contributed by atoms with Crippen molar-refractivity contribution >= 4 is 24.0 Å². The monoisotopic (exact) mass is 382 g/mol. The molecule has 0 spiro atoms. The highest BCUT2D eigenvalue weighted by atomic mass is 35.5. The zero-order chi connectivity index (χ0) is 16.5. The van der Waals surface area contributed by atoms with Crippen LogP contribution < -0.4 is 5.32 Å². The van der Waals surface area contributed by atoms with Crippen molar-refractivity contribution in [2.24, 2.45) is 0 Å². The molecule has 1 saturated heterocycles. The smallest absolute Gasteiger partial charge is 0.314 e. The number of alkyl halides is 6. The van der Waals surface area contributed by atoms with Gasteiger partial charge < -0.3 is 5.32 Å². The van der Waals surface area contributed by atoms with Crippen molar-refractivity contribution in [2.75, 3.05) is 26.2 Å². The van der Waals surface area contributed by atoms with E-state index in [0.717, 1.165) is 17.0 Å². The van der Waals surface area contributed by atoms with Crippen molar-refractivity contribution < 1.29 is 26.3 Å². The Labute approximate surface area is 140 Å². The van der Waals surface area contributed by atoms with Crippen LogP contribution in [0.15, 0.2) is 18.2 Å². The van der Waals surface area contributed by atoms with Crippen molar-refractivity contribution in [3.8, 4) is 0 Å². The third kappa shape index (κ3) is 4.65. The maximum atomic E-state index is 13.5. The largest absolute Gasteiger partial charge is 0.416 e. The third-order valence-electron chi connectivity index (χ3n) is 3.46. The van der Waals surface area contributed by atoms with Crippen molar-refractivity contribution in [2.45, 2.75) is 18.4 Å². The summed E-state index contributed by atoms with van der Waals surface area (Å²) in [5, 5.41) is 2.34. The highest BCUT2D eigenvalue weighted by Gasteiger charge is 2.49. The van der Waals surface area contributed by atoms with Crippen LogP contribution in [0.1, 0.15) is 17.2 Å². The van der Waals surface area contributed by atoms with Crippen molar-refractivity contribution in [3.05, 3.63) is 34.3 Å². The molecular formula is C13H14Cl2F6N2. The molecule has 1 aliphatic rings. The van der Waals surface area contributed by atoms with Crippen molar-refractivity contribution in [1.82, 2.24) is 10.2 Å². The molecule has 1 aliphatic heterocycles. The second-order valence-corrected chi connectivity index (χ2v) is 5.34. The normalized spacial score (nSPS) is 18.4. The first-order chi connectivity index (χ1) is 10.1. The minimum Gasteiger partial charge on any atom is -0.314 e. The van der Waals surface area contributed by atoms with Gasteiger partial charge >= 0.3 is 12.4 Å². The van der Waals surface area contributed by atoms with Gasteiger partial charge in [-0.3, -0.25) is 4.90 Å². The SMILES string of the molecule is Cl.FC(F)(F)c1cccc(Cl)c1[C@@H](N1CCNCC1)C(F)(F)F. The fraction of sp³-hybridized carbons (Fsp3) is 0.538. The molecule has 132 valence electrons. The molecule has 10 heteroatoms. The van der Waals surface area contributed by atoms with Gasteiger partial charge in [0.2, 0.25) is 0 Å². The molecule has 0 bridgehead atoms. The molecule has 0 unspecified atom stereocenters. The van der Waals surface area contributed by atoms with E-state index < -0.39 is 34.5 Å². The molecule has 23 heavy (non-hydrogen) atoms. The van der Waals surface area contributed by atoms with Crippen LogP contribution in [0.25, 0.3) is 0 Å². The van der Waals surface area contributed by atoms with Gasteiger partial charge in [0.25, 0.3) is 0 Å². The van der Waals surface area contributed by atoms with Crippen LogP contribution >= 0.6 is 24.0 Å². The van der Waals surface area contributed by atoms with Gasteiger partial charge in [-0.15, -0.1) is 12.4 Å².